The maximum Gasteiger partial charge on any atom is 0.0710 e. The van der Waals surface area contributed by atoms with Gasteiger partial charge in [0, 0.05) is 65.8 Å². The van der Waals surface area contributed by atoms with Crippen molar-refractivity contribution in [1.29, 1.82) is 0 Å². The molecular formula is C16H22N2O2S. The largest absolute Gasteiger partial charge is 0.380 e. The number of rotatable bonds is 5. The van der Waals surface area contributed by atoms with Crippen molar-refractivity contribution in [2.75, 3.05) is 33.0 Å². The summed E-state index contributed by atoms with van der Waals surface area (Å²) in [4.78, 5) is 6.65. The Morgan fingerprint density at radius 3 is 3.05 bits per heavy atom. The molecule has 2 atom stereocenters. The SMILES string of the molecule is CO[C@H]1CCN(CCc2c[nH]c3ccc(S(C)=O)cc23)C1. The molecule has 0 bridgehead atoms. The summed E-state index contributed by atoms with van der Waals surface area (Å²) < 4.78 is 17.0. The van der Waals surface area contributed by atoms with E-state index < -0.39 is 10.8 Å². The summed E-state index contributed by atoms with van der Waals surface area (Å²) in [6.07, 6.45) is 6.33. The number of benzene rings is 1. The zero-order valence-corrected chi connectivity index (χ0v) is 13.4. The van der Waals surface area contributed by atoms with Crippen LogP contribution < -0.4 is 0 Å². The van der Waals surface area contributed by atoms with E-state index in [0.717, 1.165) is 42.9 Å². The molecule has 3 rings (SSSR count). The van der Waals surface area contributed by atoms with Crippen LogP contribution in [-0.4, -0.2) is 53.2 Å². The number of aromatic nitrogens is 1. The number of nitrogens with zero attached hydrogens (tertiary/aromatic N) is 1. The number of ether oxygens (including phenoxy) is 1. The lowest BCUT2D eigenvalue weighted by atomic mass is 10.1. The second kappa shape index (κ2) is 6.30. The number of H-pyrrole nitrogens is 1. The van der Waals surface area contributed by atoms with Gasteiger partial charge in [0.2, 0.25) is 0 Å². The molecule has 1 unspecified atom stereocenters. The summed E-state index contributed by atoms with van der Waals surface area (Å²) in [6, 6.07) is 6.01. The summed E-state index contributed by atoms with van der Waals surface area (Å²) in [5.74, 6) is 0. The molecule has 4 nitrogen and oxygen atoms in total. The highest BCUT2D eigenvalue weighted by Gasteiger charge is 2.21. The minimum absolute atomic E-state index is 0.391. The van der Waals surface area contributed by atoms with Gasteiger partial charge in [-0.25, -0.2) is 0 Å². The first kappa shape index (κ1) is 14.8. The third kappa shape index (κ3) is 3.20. The minimum Gasteiger partial charge on any atom is -0.380 e. The Kier molecular flexibility index (Phi) is 4.42. The summed E-state index contributed by atoms with van der Waals surface area (Å²) in [7, 11) is 0.862. The van der Waals surface area contributed by atoms with Crippen LogP contribution in [0.4, 0.5) is 0 Å². The van der Waals surface area contributed by atoms with Gasteiger partial charge in [0.25, 0.3) is 0 Å². The van der Waals surface area contributed by atoms with Crippen LogP contribution in [0.25, 0.3) is 10.9 Å². The van der Waals surface area contributed by atoms with E-state index in [2.05, 4.69) is 22.1 Å². The van der Waals surface area contributed by atoms with Crippen molar-refractivity contribution in [2.24, 2.45) is 0 Å². The van der Waals surface area contributed by atoms with Crippen LogP contribution in [0.3, 0.4) is 0 Å². The second-order valence-electron chi connectivity index (χ2n) is 5.67. The van der Waals surface area contributed by atoms with Gasteiger partial charge in [-0.3, -0.25) is 4.21 Å². The minimum atomic E-state index is -0.930. The lowest BCUT2D eigenvalue weighted by molar-refractivity contribution is 0.108. The van der Waals surface area contributed by atoms with Gasteiger partial charge in [0.05, 0.1) is 6.10 Å². The van der Waals surface area contributed by atoms with Crippen molar-refractivity contribution in [1.82, 2.24) is 9.88 Å². The molecule has 0 saturated carbocycles. The van der Waals surface area contributed by atoms with Crippen LogP contribution in [0.1, 0.15) is 12.0 Å². The van der Waals surface area contributed by atoms with Gasteiger partial charge >= 0.3 is 0 Å². The summed E-state index contributed by atoms with van der Waals surface area (Å²) in [6.45, 7) is 3.19. The standard InChI is InChI=1S/C16H22N2O2S/c1-20-13-6-8-18(11-13)7-5-12-10-17-16-4-3-14(21(2)19)9-15(12)16/h3-4,9-10,13,17H,5-8,11H2,1-2H3/t13-,21?/m0/s1. The first-order valence-electron chi connectivity index (χ1n) is 7.36. The number of methoxy groups -OCH3 is 1. The van der Waals surface area contributed by atoms with Crippen molar-refractivity contribution in [3.8, 4) is 0 Å². The van der Waals surface area contributed by atoms with Gasteiger partial charge in [-0.2, -0.15) is 0 Å². The summed E-state index contributed by atoms with van der Waals surface area (Å²) in [5.41, 5.74) is 2.42. The van der Waals surface area contributed by atoms with Crippen molar-refractivity contribution >= 4 is 21.7 Å². The third-order valence-electron chi connectivity index (χ3n) is 4.33. The monoisotopic (exact) mass is 306 g/mol. The third-order valence-corrected chi connectivity index (χ3v) is 5.25. The summed E-state index contributed by atoms with van der Waals surface area (Å²) >= 11 is 0. The van der Waals surface area contributed by atoms with E-state index in [1.54, 1.807) is 13.4 Å². The van der Waals surface area contributed by atoms with Gasteiger partial charge in [-0.1, -0.05) is 0 Å². The molecule has 1 aromatic carbocycles. The van der Waals surface area contributed by atoms with E-state index in [1.165, 1.54) is 10.9 Å². The molecule has 0 radical (unpaired) electrons. The van der Waals surface area contributed by atoms with Crippen molar-refractivity contribution in [2.45, 2.75) is 23.8 Å². The zero-order chi connectivity index (χ0) is 14.8. The number of fused-ring (bicyclic) bond motifs is 1. The average Bonchev–Trinajstić information content (AvgIpc) is 3.11. The normalized spacial score (nSPS) is 21.1. The van der Waals surface area contributed by atoms with E-state index in [9.17, 15) is 4.21 Å². The quantitative estimate of drug-likeness (QED) is 0.921. The molecule has 1 aliphatic heterocycles. The van der Waals surface area contributed by atoms with E-state index in [-0.39, 0.29) is 0 Å². The second-order valence-corrected chi connectivity index (χ2v) is 7.05. The Morgan fingerprint density at radius 2 is 2.33 bits per heavy atom. The van der Waals surface area contributed by atoms with Crippen LogP contribution in [-0.2, 0) is 22.0 Å². The molecule has 2 heterocycles. The van der Waals surface area contributed by atoms with E-state index in [4.69, 9.17) is 4.74 Å². The van der Waals surface area contributed by atoms with Crippen LogP contribution in [0.2, 0.25) is 0 Å². The zero-order valence-electron chi connectivity index (χ0n) is 12.6. The Labute approximate surface area is 127 Å². The number of aromatic amines is 1. The number of hydrogen-bond donors (Lipinski definition) is 1. The predicted molar refractivity (Wildman–Crippen MR) is 86.2 cm³/mol. The molecule has 1 fully saturated rings. The highest BCUT2D eigenvalue weighted by Crippen LogP contribution is 2.22. The maximum atomic E-state index is 11.6. The molecular weight excluding hydrogens is 284 g/mol. The molecule has 1 aromatic heterocycles. The lowest BCUT2D eigenvalue weighted by Gasteiger charge is -2.15. The van der Waals surface area contributed by atoms with Crippen LogP contribution >= 0.6 is 0 Å². The molecule has 0 aliphatic carbocycles. The van der Waals surface area contributed by atoms with Gasteiger partial charge in [-0.15, -0.1) is 0 Å². The fraction of sp³-hybridized carbons (Fsp3) is 0.500. The number of nitrogens with one attached hydrogen (secondary N) is 1. The van der Waals surface area contributed by atoms with Crippen LogP contribution in [0.15, 0.2) is 29.3 Å². The topological polar surface area (TPSA) is 45.3 Å². The van der Waals surface area contributed by atoms with Gasteiger partial charge in [0.1, 0.15) is 0 Å². The van der Waals surface area contributed by atoms with Crippen molar-refractivity contribution < 1.29 is 8.95 Å². The number of hydrogen-bond acceptors (Lipinski definition) is 3. The molecule has 2 aromatic rings. The Hall–Kier alpha value is -1.17. The molecule has 21 heavy (non-hydrogen) atoms. The van der Waals surface area contributed by atoms with Crippen molar-refractivity contribution in [3.63, 3.8) is 0 Å². The van der Waals surface area contributed by atoms with E-state index in [0.29, 0.717) is 6.10 Å². The molecule has 114 valence electrons. The summed E-state index contributed by atoms with van der Waals surface area (Å²) in [5, 5.41) is 1.20. The van der Waals surface area contributed by atoms with Crippen molar-refractivity contribution in [3.05, 3.63) is 30.0 Å². The van der Waals surface area contributed by atoms with E-state index in [1.807, 2.05) is 12.1 Å². The molecule has 1 N–H and O–H groups in total. The van der Waals surface area contributed by atoms with Crippen LogP contribution in [0.5, 0.6) is 0 Å². The molecule has 1 aliphatic rings. The highest BCUT2D eigenvalue weighted by molar-refractivity contribution is 7.84. The fourth-order valence-electron chi connectivity index (χ4n) is 3.01. The average molecular weight is 306 g/mol. The highest BCUT2D eigenvalue weighted by atomic mass is 32.2. The Bertz CT molecular complexity index is 653. The molecule has 5 heteroatoms. The van der Waals surface area contributed by atoms with Gasteiger partial charge in [0.15, 0.2) is 0 Å². The van der Waals surface area contributed by atoms with Gasteiger partial charge < -0.3 is 14.6 Å². The smallest absolute Gasteiger partial charge is 0.0710 e. The molecule has 0 amide bonds. The van der Waals surface area contributed by atoms with E-state index >= 15 is 0 Å². The molecule has 0 spiro atoms. The van der Waals surface area contributed by atoms with Gasteiger partial charge in [-0.05, 0) is 36.6 Å². The maximum absolute atomic E-state index is 11.6. The Morgan fingerprint density at radius 1 is 1.48 bits per heavy atom. The molecule has 1 saturated heterocycles. The van der Waals surface area contributed by atoms with Crippen LogP contribution in [0, 0.1) is 0 Å². The first-order chi connectivity index (χ1) is 10.2. The predicted octanol–water partition coefficient (Wildman–Crippen LogP) is 2.17. The Balaban J connectivity index is 1.72. The lowest BCUT2D eigenvalue weighted by Crippen LogP contribution is -2.25. The number of likely N-dealkylation sites (tertiary alicyclic amines) is 1. The first-order valence-corrected chi connectivity index (χ1v) is 8.92. The fourth-order valence-corrected chi connectivity index (χ4v) is 3.56.